The van der Waals surface area contributed by atoms with Crippen LogP contribution in [0.5, 0.6) is 23.0 Å². The minimum Gasteiger partial charge on any atom is -0.493 e. The van der Waals surface area contributed by atoms with Gasteiger partial charge in [-0.05, 0) is 104 Å². The van der Waals surface area contributed by atoms with E-state index in [0.717, 1.165) is 24.3 Å². The molecule has 0 amide bonds. The SMILES string of the molecule is C=CC(CCCCOc1ccc(-c2cc(F)c(C(F)(F)Oc3cc(F)c(F)c(F)c3)c(F)c2)c(F)c1)CCCCOc1ccc(-c2cc(F)c(C(F)(F)Oc3cc(F)c(F)c(F)c3)c(F)c2)c(F)c1. The van der Waals surface area contributed by atoms with Crippen LogP contribution in [0.15, 0.2) is 97.6 Å². The molecule has 0 heterocycles. The Morgan fingerprint density at radius 2 is 0.725 bits per heavy atom. The van der Waals surface area contributed by atoms with Crippen molar-refractivity contribution in [2.75, 3.05) is 13.2 Å². The van der Waals surface area contributed by atoms with Crippen molar-refractivity contribution in [3.63, 3.8) is 0 Å². The maximum atomic E-state index is 15.1. The summed E-state index contributed by atoms with van der Waals surface area (Å²) in [5.41, 5.74) is -5.62. The van der Waals surface area contributed by atoms with Gasteiger partial charge in [0.15, 0.2) is 34.9 Å². The molecule has 0 spiro atoms. The van der Waals surface area contributed by atoms with Gasteiger partial charge in [-0.2, -0.15) is 17.6 Å². The van der Waals surface area contributed by atoms with Crippen molar-refractivity contribution in [3.8, 4) is 45.3 Å². The lowest BCUT2D eigenvalue weighted by Crippen LogP contribution is -2.25. The third kappa shape index (κ3) is 12.4. The van der Waals surface area contributed by atoms with Crippen molar-refractivity contribution in [1.29, 1.82) is 0 Å². The molecule has 0 radical (unpaired) electrons. The van der Waals surface area contributed by atoms with Crippen LogP contribution >= 0.6 is 0 Å². The van der Waals surface area contributed by atoms with E-state index >= 15 is 8.78 Å². The topological polar surface area (TPSA) is 36.9 Å². The highest BCUT2D eigenvalue weighted by atomic mass is 19.3. The number of benzene rings is 6. The van der Waals surface area contributed by atoms with Gasteiger partial charge < -0.3 is 18.9 Å². The first kappa shape index (κ1) is 51.5. The molecule has 20 heteroatoms. The van der Waals surface area contributed by atoms with E-state index in [1.165, 1.54) is 12.1 Å². The molecule has 0 unspecified atom stereocenters. The summed E-state index contributed by atoms with van der Waals surface area (Å²) < 4.78 is 248. The van der Waals surface area contributed by atoms with Crippen LogP contribution in [-0.4, -0.2) is 13.2 Å². The number of ether oxygens (including phenoxy) is 4. The molecule has 6 aromatic rings. The summed E-state index contributed by atoms with van der Waals surface area (Å²) in [5, 5.41) is 0. The van der Waals surface area contributed by atoms with Crippen LogP contribution < -0.4 is 18.9 Å². The molecule has 0 aromatic heterocycles. The molecule has 4 nitrogen and oxygen atoms in total. The van der Waals surface area contributed by atoms with Crippen molar-refractivity contribution < 1.29 is 89.2 Å². The Morgan fingerprint density at radius 1 is 0.406 bits per heavy atom. The first-order chi connectivity index (χ1) is 32.6. The average molecular weight is 991 g/mol. The van der Waals surface area contributed by atoms with Gasteiger partial charge in [0.25, 0.3) is 0 Å². The molecule has 0 atom stereocenters. The molecule has 0 saturated carbocycles. The molecule has 0 N–H and O–H groups in total. The number of hydrogen-bond acceptors (Lipinski definition) is 4. The minimum absolute atomic E-state index is 0.0545. The zero-order chi connectivity index (χ0) is 50.4. The van der Waals surface area contributed by atoms with E-state index in [-0.39, 0.29) is 66.0 Å². The Kier molecular flexibility index (Phi) is 16.1. The van der Waals surface area contributed by atoms with Crippen LogP contribution in [0.1, 0.15) is 49.7 Å². The number of unbranched alkanes of at least 4 members (excludes halogenated alkanes) is 2. The van der Waals surface area contributed by atoms with E-state index in [1.807, 2.05) is 0 Å². The molecule has 0 saturated heterocycles. The second-order valence-electron chi connectivity index (χ2n) is 15.2. The van der Waals surface area contributed by atoms with E-state index in [2.05, 4.69) is 16.1 Å². The van der Waals surface area contributed by atoms with Gasteiger partial charge in [0.05, 0.1) is 13.2 Å². The van der Waals surface area contributed by atoms with Gasteiger partial charge >= 0.3 is 12.2 Å². The van der Waals surface area contributed by atoms with E-state index in [4.69, 9.17) is 9.47 Å². The molecular weight excluding hydrogens is 957 g/mol. The fourth-order valence-corrected chi connectivity index (χ4v) is 7.01. The smallest absolute Gasteiger partial charge is 0.432 e. The molecule has 6 aromatic carbocycles. The number of alkyl halides is 4. The van der Waals surface area contributed by atoms with Crippen molar-refractivity contribution in [3.05, 3.63) is 179 Å². The lowest BCUT2D eigenvalue weighted by atomic mass is 9.96. The zero-order valence-corrected chi connectivity index (χ0v) is 35.3. The highest BCUT2D eigenvalue weighted by molar-refractivity contribution is 5.67. The van der Waals surface area contributed by atoms with Crippen LogP contribution in [0.25, 0.3) is 22.3 Å². The van der Waals surface area contributed by atoms with Crippen LogP contribution in [-0.2, 0) is 12.2 Å². The quantitative estimate of drug-likeness (QED) is 0.0312. The Hall–Kier alpha value is -6.86. The monoisotopic (exact) mass is 990 g/mol. The predicted octanol–water partition coefficient (Wildman–Crippen LogP) is 15.5. The van der Waals surface area contributed by atoms with Crippen molar-refractivity contribution >= 4 is 0 Å². The van der Waals surface area contributed by atoms with Crippen LogP contribution in [0, 0.1) is 75.7 Å². The molecule has 69 heavy (non-hydrogen) atoms. The zero-order valence-electron chi connectivity index (χ0n) is 35.3. The van der Waals surface area contributed by atoms with Gasteiger partial charge in [0, 0.05) is 47.5 Å². The molecule has 0 fully saturated rings. The van der Waals surface area contributed by atoms with Gasteiger partial charge in [0.1, 0.15) is 69.0 Å². The second-order valence-corrected chi connectivity index (χ2v) is 15.2. The Labute approximate surface area is 382 Å². The summed E-state index contributed by atoms with van der Waals surface area (Å²) in [6.07, 6.45) is -4.13. The first-order valence-corrected chi connectivity index (χ1v) is 20.5. The van der Waals surface area contributed by atoms with Crippen LogP contribution in [0.3, 0.4) is 0 Å². The fraction of sp³-hybridized carbons (Fsp3) is 0.224. The Bertz CT molecular complexity index is 2560. The Balaban J connectivity index is 0.925. The lowest BCUT2D eigenvalue weighted by molar-refractivity contribution is -0.190. The largest absolute Gasteiger partial charge is 0.493 e. The van der Waals surface area contributed by atoms with Crippen molar-refractivity contribution in [2.24, 2.45) is 5.92 Å². The van der Waals surface area contributed by atoms with Crippen LogP contribution in [0.4, 0.5) is 70.2 Å². The number of halogens is 16. The van der Waals surface area contributed by atoms with Crippen molar-refractivity contribution in [2.45, 2.75) is 50.7 Å². The van der Waals surface area contributed by atoms with Crippen LogP contribution in [0.2, 0.25) is 0 Å². The average Bonchev–Trinajstić information content (AvgIpc) is 3.25. The summed E-state index contributed by atoms with van der Waals surface area (Å²) in [6.45, 7) is 4.14. The summed E-state index contributed by atoms with van der Waals surface area (Å²) >= 11 is 0. The van der Waals surface area contributed by atoms with E-state index in [9.17, 15) is 61.5 Å². The fourth-order valence-electron chi connectivity index (χ4n) is 7.01. The highest BCUT2D eigenvalue weighted by Crippen LogP contribution is 2.40. The molecule has 6 rings (SSSR count). The van der Waals surface area contributed by atoms with E-state index in [1.54, 1.807) is 6.08 Å². The Morgan fingerprint density at radius 3 is 1.03 bits per heavy atom. The third-order valence-electron chi connectivity index (χ3n) is 10.4. The summed E-state index contributed by atoms with van der Waals surface area (Å²) in [7, 11) is 0. The van der Waals surface area contributed by atoms with Gasteiger partial charge in [-0.15, -0.1) is 6.58 Å². The third-order valence-corrected chi connectivity index (χ3v) is 10.4. The second kappa shape index (κ2) is 21.6. The molecule has 0 aliphatic rings. The van der Waals surface area contributed by atoms with Gasteiger partial charge in [-0.3, -0.25) is 0 Å². The maximum absolute atomic E-state index is 15.1. The first-order valence-electron chi connectivity index (χ1n) is 20.5. The molecule has 0 aliphatic carbocycles. The number of rotatable bonds is 21. The standard InChI is InChI=1S/C49H34F16O4/c1-2-25(7-3-5-13-66-28-9-11-32(34(50)19-28)26-15-36(52)44(37(53)16-26)48(62,63)68-30-21-40(56)46(60)41(57)22-30)8-4-6-14-67-29-10-12-33(35(51)20-29)27-17-38(54)45(39(55)18-27)49(64,65)69-31-23-42(58)47(61)43(59)24-31/h2,9-12,15-25H,1,3-8,13-14H2. The normalized spacial score (nSPS) is 11.8. The molecule has 0 aliphatic heterocycles. The maximum Gasteiger partial charge on any atom is 0.432 e. The van der Waals surface area contributed by atoms with E-state index in [0.29, 0.717) is 62.8 Å². The lowest BCUT2D eigenvalue weighted by Gasteiger charge is -2.20. The van der Waals surface area contributed by atoms with Gasteiger partial charge in [0.2, 0.25) is 0 Å². The number of hydrogen-bond donors (Lipinski definition) is 0. The summed E-state index contributed by atoms with van der Waals surface area (Å²) in [6, 6.07) is 8.47. The van der Waals surface area contributed by atoms with Gasteiger partial charge in [-0.25, -0.2) is 52.7 Å². The minimum atomic E-state index is -4.83. The van der Waals surface area contributed by atoms with E-state index < -0.39 is 116 Å². The predicted molar refractivity (Wildman–Crippen MR) is 218 cm³/mol. The molecule has 366 valence electrons. The van der Waals surface area contributed by atoms with Gasteiger partial charge in [-0.1, -0.05) is 6.08 Å². The summed E-state index contributed by atoms with van der Waals surface area (Å²) in [5.74, 6) is -23.4. The summed E-state index contributed by atoms with van der Waals surface area (Å²) in [4.78, 5) is 0. The highest BCUT2D eigenvalue weighted by Gasteiger charge is 2.43. The van der Waals surface area contributed by atoms with Crippen molar-refractivity contribution in [1.82, 2.24) is 0 Å². The number of allylic oxidation sites excluding steroid dienone is 1. The molecule has 0 bridgehead atoms. The molecular formula is C49H34F16O4.